The van der Waals surface area contributed by atoms with Gasteiger partial charge in [-0.15, -0.1) is 0 Å². The Balaban J connectivity index is 1.96. The van der Waals surface area contributed by atoms with Crippen molar-refractivity contribution in [2.45, 2.75) is 19.2 Å². The highest BCUT2D eigenvalue weighted by Crippen LogP contribution is 2.30. The van der Waals surface area contributed by atoms with Crippen LogP contribution < -0.4 is 5.32 Å². The van der Waals surface area contributed by atoms with Gasteiger partial charge in [0.05, 0.1) is 10.5 Å². The first kappa shape index (κ1) is 19.4. The van der Waals surface area contributed by atoms with Crippen LogP contribution >= 0.6 is 11.3 Å². The van der Waals surface area contributed by atoms with Crippen molar-refractivity contribution < 1.29 is 32.4 Å². The zero-order valence-electron chi connectivity index (χ0n) is 13.1. The number of ether oxygens (including phenoxy) is 1. The van der Waals surface area contributed by atoms with Crippen molar-refractivity contribution >= 4 is 33.9 Å². The number of amides is 1. The normalized spacial score (nSPS) is 12.3. The molecule has 0 aliphatic rings. The number of nitro groups is 1. The topological polar surface area (TPSA) is 98.5 Å². The summed E-state index contributed by atoms with van der Waals surface area (Å²) in [5.41, 5.74) is -0.771. The quantitative estimate of drug-likeness (QED) is 0.476. The minimum atomic E-state index is -4.49. The van der Waals surface area contributed by atoms with Gasteiger partial charge in [0.1, 0.15) is 4.88 Å². The van der Waals surface area contributed by atoms with Gasteiger partial charge in [-0.05, 0) is 37.3 Å². The smallest absolute Gasteiger partial charge is 0.416 e. The zero-order chi connectivity index (χ0) is 19.5. The summed E-state index contributed by atoms with van der Waals surface area (Å²) in [6.45, 7) is 1.26. The third-order valence-corrected chi connectivity index (χ3v) is 4.12. The van der Waals surface area contributed by atoms with E-state index in [0.29, 0.717) is 11.3 Å². The summed E-state index contributed by atoms with van der Waals surface area (Å²) in [7, 11) is 0. The molecule has 0 radical (unpaired) electrons. The van der Waals surface area contributed by atoms with Gasteiger partial charge in [-0.1, -0.05) is 11.3 Å². The van der Waals surface area contributed by atoms with Crippen LogP contribution in [-0.2, 0) is 15.7 Å². The van der Waals surface area contributed by atoms with Gasteiger partial charge in [0.2, 0.25) is 0 Å². The number of hydrogen-bond donors (Lipinski definition) is 1. The number of anilines is 1. The van der Waals surface area contributed by atoms with E-state index in [1.165, 1.54) is 13.0 Å². The molecular formula is C15H11F3N2O5S. The summed E-state index contributed by atoms with van der Waals surface area (Å²) in [5, 5.41) is 12.6. The molecule has 0 unspecified atom stereocenters. The monoisotopic (exact) mass is 388 g/mol. The third-order valence-electron chi connectivity index (χ3n) is 3.11. The van der Waals surface area contributed by atoms with Gasteiger partial charge in [-0.3, -0.25) is 14.9 Å². The van der Waals surface area contributed by atoms with E-state index in [1.54, 1.807) is 0 Å². The summed E-state index contributed by atoms with van der Waals surface area (Å²) in [6, 6.07) is 6.07. The molecule has 0 aliphatic heterocycles. The highest BCUT2D eigenvalue weighted by molar-refractivity contribution is 7.17. The van der Waals surface area contributed by atoms with E-state index in [4.69, 9.17) is 4.74 Å². The summed E-state index contributed by atoms with van der Waals surface area (Å²) in [5.74, 6) is -1.68. The molecule has 2 rings (SSSR count). The highest BCUT2D eigenvalue weighted by atomic mass is 32.1. The molecule has 26 heavy (non-hydrogen) atoms. The number of nitrogens with one attached hydrogen (secondary N) is 1. The fourth-order valence-corrected chi connectivity index (χ4v) is 2.50. The van der Waals surface area contributed by atoms with Gasteiger partial charge in [0.15, 0.2) is 6.10 Å². The Morgan fingerprint density at radius 1 is 1.19 bits per heavy atom. The van der Waals surface area contributed by atoms with Gasteiger partial charge < -0.3 is 10.1 Å². The predicted octanol–water partition coefficient (Wildman–Crippen LogP) is 3.86. The maximum absolute atomic E-state index is 12.5. The molecule has 1 N–H and O–H groups in total. The molecule has 0 saturated carbocycles. The van der Waals surface area contributed by atoms with Crippen LogP contribution in [0.4, 0.5) is 23.9 Å². The van der Waals surface area contributed by atoms with Gasteiger partial charge >= 0.3 is 17.1 Å². The maximum Gasteiger partial charge on any atom is 0.416 e. The number of esters is 1. The number of thiophene rings is 1. The lowest BCUT2D eigenvalue weighted by Gasteiger charge is -2.13. The lowest BCUT2D eigenvalue weighted by atomic mass is 10.2. The molecule has 0 bridgehead atoms. The van der Waals surface area contributed by atoms with Crippen molar-refractivity contribution in [2.75, 3.05) is 5.32 Å². The van der Waals surface area contributed by atoms with Crippen molar-refractivity contribution in [3.05, 3.63) is 57.0 Å². The largest absolute Gasteiger partial charge is 0.448 e. The van der Waals surface area contributed by atoms with Crippen LogP contribution in [0.3, 0.4) is 0 Å². The lowest BCUT2D eigenvalue weighted by molar-refractivity contribution is -0.380. The molecule has 0 saturated heterocycles. The molecule has 138 valence electrons. The lowest BCUT2D eigenvalue weighted by Crippen LogP contribution is -2.29. The molecule has 0 spiro atoms. The Morgan fingerprint density at radius 3 is 2.31 bits per heavy atom. The number of carbonyl (C=O) groups excluding carboxylic acids is 2. The van der Waals surface area contributed by atoms with Crippen molar-refractivity contribution in [2.24, 2.45) is 0 Å². The number of hydrogen-bond acceptors (Lipinski definition) is 6. The van der Waals surface area contributed by atoms with Crippen LogP contribution in [0.1, 0.15) is 22.2 Å². The fraction of sp³-hybridized carbons (Fsp3) is 0.200. The minimum Gasteiger partial charge on any atom is -0.448 e. The molecule has 1 aromatic heterocycles. The second kappa shape index (κ2) is 7.52. The molecule has 2 aromatic rings. The van der Waals surface area contributed by atoms with Crippen molar-refractivity contribution in [1.29, 1.82) is 0 Å². The molecule has 1 atom stereocenters. The molecule has 0 aliphatic carbocycles. The standard InChI is InChI=1S/C15H11F3N2O5S/c1-8(25-14(22)11-6-7-12(26-11)20(23)24)13(21)19-10-4-2-9(3-5-10)15(16,17)18/h2-8H,1H3,(H,19,21)/t8-/m1/s1. The van der Waals surface area contributed by atoms with Gasteiger partial charge in [-0.2, -0.15) is 13.2 Å². The van der Waals surface area contributed by atoms with Gasteiger partial charge in [0.25, 0.3) is 5.91 Å². The van der Waals surface area contributed by atoms with E-state index in [9.17, 15) is 32.9 Å². The molecular weight excluding hydrogens is 377 g/mol. The van der Waals surface area contributed by atoms with Gasteiger partial charge in [0, 0.05) is 11.8 Å². The Kier molecular flexibility index (Phi) is 5.60. The number of rotatable bonds is 5. The minimum absolute atomic E-state index is 0.0501. The van der Waals surface area contributed by atoms with Crippen LogP contribution in [0, 0.1) is 10.1 Å². The average molecular weight is 388 g/mol. The summed E-state index contributed by atoms with van der Waals surface area (Å²) < 4.78 is 42.3. The van der Waals surface area contributed by atoms with E-state index in [-0.39, 0.29) is 15.6 Å². The molecule has 1 heterocycles. The van der Waals surface area contributed by atoms with Crippen LogP contribution in [-0.4, -0.2) is 22.9 Å². The molecule has 1 amide bonds. The van der Waals surface area contributed by atoms with Crippen molar-refractivity contribution in [3.8, 4) is 0 Å². The average Bonchev–Trinajstić information content (AvgIpc) is 3.04. The zero-order valence-corrected chi connectivity index (χ0v) is 13.9. The van der Waals surface area contributed by atoms with Crippen molar-refractivity contribution in [1.82, 2.24) is 0 Å². The number of benzene rings is 1. The fourth-order valence-electron chi connectivity index (χ4n) is 1.79. The first-order valence-corrected chi connectivity index (χ1v) is 7.83. The Hall–Kier alpha value is -2.95. The van der Waals surface area contributed by atoms with Gasteiger partial charge in [-0.25, -0.2) is 4.79 Å². The molecule has 7 nitrogen and oxygen atoms in total. The highest BCUT2D eigenvalue weighted by Gasteiger charge is 2.30. The van der Waals surface area contributed by atoms with Crippen LogP contribution in [0.2, 0.25) is 0 Å². The van der Waals surface area contributed by atoms with E-state index in [1.807, 2.05) is 0 Å². The molecule has 11 heteroatoms. The van der Waals surface area contributed by atoms with E-state index >= 15 is 0 Å². The number of carbonyl (C=O) groups is 2. The number of nitrogens with zero attached hydrogens (tertiary/aromatic N) is 1. The van der Waals surface area contributed by atoms with E-state index in [0.717, 1.165) is 30.3 Å². The molecule has 0 fully saturated rings. The van der Waals surface area contributed by atoms with E-state index in [2.05, 4.69) is 5.32 Å². The number of alkyl halides is 3. The first-order valence-electron chi connectivity index (χ1n) is 7.01. The Bertz CT molecular complexity index is 833. The van der Waals surface area contributed by atoms with Crippen molar-refractivity contribution in [3.63, 3.8) is 0 Å². The first-order chi connectivity index (χ1) is 12.1. The predicted molar refractivity (Wildman–Crippen MR) is 85.9 cm³/mol. The Labute approximate surface area is 148 Å². The summed E-state index contributed by atoms with van der Waals surface area (Å²) in [4.78, 5) is 33.7. The maximum atomic E-state index is 12.5. The Morgan fingerprint density at radius 2 is 1.81 bits per heavy atom. The summed E-state index contributed by atoms with van der Waals surface area (Å²) in [6.07, 6.45) is -5.75. The summed E-state index contributed by atoms with van der Waals surface area (Å²) >= 11 is 0.599. The van der Waals surface area contributed by atoms with E-state index < -0.39 is 34.6 Å². The second-order valence-corrected chi connectivity index (χ2v) is 6.07. The third kappa shape index (κ3) is 4.79. The van der Waals surface area contributed by atoms with Crippen LogP contribution in [0.5, 0.6) is 0 Å². The molecule has 1 aromatic carbocycles. The van der Waals surface area contributed by atoms with Crippen LogP contribution in [0.25, 0.3) is 0 Å². The number of halogens is 3. The van der Waals surface area contributed by atoms with Crippen LogP contribution in [0.15, 0.2) is 36.4 Å². The second-order valence-electron chi connectivity index (χ2n) is 5.01. The SMILES string of the molecule is C[C@@H](OC(=O)c1ccc([N+](=O)[O-])s1)C(=O)Nc1ccc(C(F)(F)F)cc1.